The summed E-state index contributed by atoms with van der Waals surface area (Å²) in [6, 6.07) is 7.39. The number of carbonyl (C=O) groups excluding carboxylic acids is 1. The lowest BCUT2D eigenvalue weighted by atomic mass is 10.2. The molecule has 0 aliphatic carbocycles. The third kappa shape index (κ3) is 2.60. The average molecular weight is 245 g/mol. The molecule has 1 aromatic carbocycles. The van der Waals surface area contributed by atoms with E-state index in [-0.39, 0.29) is 6.61 Å². The molecule has 0 aliphatic rings. The van der Waals surface area contributed by atoms with Crippen LogP contribution in [0.3, 0.4) is 0 Å². The first-order chi connectivity index (χ1) is 8.60. The maximum absolute atomic E-state index is 10.7. The van der Waals surface area contributed by atoms with Gasteiger partial charge < -0.3 is 14.8 Å². The van der Waals surface area contributed by atoms with Gasteiger partial charge in [0.15, 0.2) is 6.29 Å². The minimum Gasteiger partial charge on any atom is -0.491 e. The summed E-state index contributed by atoms with van der Waals surface area (Å²) < 4.78 is 5.42. The maximum atomic E-state index is 10.7. The van der Waals surface area contributed by atoms with E-state index in [4.69, 9.17) is 9.84 Å². The lowest BCUT2D eigenvalue weighted by Gasteiger charge is -2.07. The Morgan fingerprint density at radius 1 is 1.56 bits per heavy atom. The van der Waals surface area contributed by atoms with Crippen LogP contribution in [0.5, 0.6) is 5.75 Å². The molecule has 1 aromatic heterocycles. The third-order valence-electron chi connectivity index (χ3n) is 2.57. The summed E-state index contributed by atoms with van der Waals surface area (Å²) in [5, 5.41) is 10.1. The number of hydrogen-bond acceptors (Lipinski definition) is 3. The van der Waals surface area contributed by atoms with Gasteiger partial charge in [0.1, 0.15) is 12.4 Å². The number of fused-ring (bicyclic) bond motifs is 1. The highest BCUT2D eigenvalue weighted by Crippen LogP contribution is 2.23. The molecule has 18 heavy (non-hydrogen) atoms. The van der Waals surface area contributed by atoms with Crippen LogP contribution in [0.2, 0.25) is 0 Å². The smallest absolute Gasteiger partial charge is 0.151 e. The first-order valence-electron chi connectivity index (χ1n) is 5.68. The number of aromatic nitrogens is 1. The molecule has 0 unspecified atom stereocenters. The fraction of sp³-hybridized carbons (Fsp3) is 0.214. The van der Waals surface area contributed by atoms with Gasteiger partial charge in [0, 0.05) is 22.2 Å². The second-order valence-corrected chi connectivity index (χ2v) is 4.24. The van der Waals surface area contributed by atoms with Crippen molar-refractivity contribution < 1.29 is 14.6 Å². The minimum absolute atomic E-state index is 0.254. The van der Waals surface area contributed by atoms with Crippen molar-refractivity contribution in [1.29, 1.82) is 0 Å². The molecule has 0 spiro atoms. The lowest BCUT2D eigenvalue weighted by molar-refractivity contribution is -0.103. The zero-order valence-electron chi connectivity index (χ0n) is 10.1. The number of aliphatic hydroxyl groups is 1. The highest BCUT2D eigenvalue weighted by molar-refractivity contribution is 6.06. The summed E-state index contributed by atoms with van der Waals surface area (Å²) in [6.07, 6.45) is 0.215. The van der Waals surface area contributed by atoms with Crippen LogP contribution < -0.4 is 4.74 Å². The molecule has 94 valence electrons. The Morgan fingerprint density at radius 2 is 2.33 bits per heavy atom. The quantitative estimate of drug-likeness (QED) is 0.626. The van der Waals surface area contributed by atoms with Crippen LogP contribution in [0.25, 0.3) is 16.5 Å². The molecule has 1 heterocycles. The average Bonchev–Trinajstić information content (AvgIpc) is 2.78. The summed E-state index contributed by atoms with van der Waals surface area (Å²) in [6.45, 7) is 5.58. The standard InChI is InChI=1S/C14H15NO3/c1-9(7-16)14-6-11-5-12(18-8-10(2)17)3-4-13(11)15-14/h3-7,10,15,17H,1,8H2,2H3/t10-/m0/s1. The molecule has 2 rings (SSSR count). The van der Waals surface area contributed by atoms with Gasteiger partial charge >= 0.3 is 0 Å². The first kappa shape index (κ1) is 12.4. The van der Waals surface area contributed by atoms with Crippen molar-refractivity contribution in [1.82, 2.24) is 4.98 Å². The van der Waals surface area contributed by atoms with Crippen LogP contribution in [0, 0.1) is 0 Å². The number of H-pyrrole nitrogens is 1. The minimum atomic E-state index is -0.502. The predicted octanol–water partition coefficient (Wildman–Crippen LogP) is 2.14. The van der Waals surface area contributed by atoms with Crippen molar-refractivity contribution >= 4 is 22.8 Å². The highest BCUT2D eigenvalue weighted by Gasteiger charge is 2.05. The van der Waals surface area contributed by atoms with Gasteiger partial charge in [-0.2, -0.15) is 0 Å². The summed E-state index contributed by atoms with van der Waals surface area (Å²) in [5.41, 5.74) is 2.03. The van der Waals surface area contributed by atoms with Gasteiger partial charge in [0.05, 0.1) is 6.10 Å². The molecule has 0 bridgehead atoms. The van der Waals surface area contributed by atoms with E-state index in [0.29, 0.717) is 17.0 Å². The molecule has 0 amide bonds. The van der Waals surface area contributed by atoms with Crippen LogP contribution in [0.4, 0.5) is 0 Å². The molecular formula is C14H15NO3. The van der Waals surface area contributed by atoms with E-state index >= 15 is 0 Å². The number of ether oxygens (including phenoxy) is 1. The van der Waals surface area contributed by atoms with E-state index in [9.17, 15) is 4.79 Å². The number of nitrogens with one attached hydrogen (secondary N) is 1. The van der Waals surface area contributed by atoms with Crippen molar-refractivity contribution in [3.63, 3.8) is 0 Å². The summed E-state index contributed by atoms with van der Waals surface area (Å²) in [4.78, 5) is 13.8. The maximum Gasteiger partial charge on any atom is 0.151 e. The molecule has 1 atom stereocenters. The molecule has 2 N–H and O–H groups in total. The fourth-order valence-corrected chi connectivity index (χ4v) is 1.65. The predicted molar refractivity (Wildman–Crippen MR) is 70.6 cm³/mol. The zero-order valence-corrected chi connectivity index (χ0v) is 10.1. The van der Waals surface area contributed by atoms with Gasteiger partial charge in [-0.3, -0.25) is 4.79 Å². The number of aldehydes is 1. The molecule has 0 saturated carbocycles. The van der Waals surface area contributed by atoms with E-state index < -0.39 is 6.10 Å². The Morgan fingerprint density at radius 3 is 3.00 bits per heavy atom. The van der Waals surface area contributed by atoms with Gasteiger partial charge in [-0.1, -0.05) is 6.58 Å². The lowest BCUT2D eigenvalue weighted by Crippen LogP contribution is -2.12. The van der Waals surface area contributed by atoms with Crippen LogP contribution in [0.1, 0.15) is 12.6 Å². The van der Waals surface area contributed by atoms with Crippen molar-refractivity contribution in [3.05, 3.63) is 36.5 Å². The van der Waals surface area contributed by atoms with E-state index in [1.54, 1.807) is 6.92 Å². The van der Waals surface area contributed by atoms with Crippen LogP contribution in [0.15, 0.2) is 30.8 Å². The van der Waals surface area contributed by atoms with Crippen molar-refractivity contribution in [2.24, 2.45) is 0 Å². The molecule has 4 nitrogen and oxygen atoms in total. The number of carbonyl (C=O) groups is 1. The van der Waals surface area contributed by atoms with Crippen LogP contribution in [-0.2, 0) is 4.79 Å². The molecule has 0 fully saturated rings. The molecular weight excluding hydrogens is 230 g/mol. The van der Waals surface area contributed by atoms with E-state index in [0.717, 1.165) is 17.2 Å². The highest BCUT2D eigenvalue weighted by atomic mass is 16.5. The van der Waals surface area contributed by atoms with Crippen LogP contribution in [-0.4, -0.2) is 29.1 Å². The van der Waals surface area contributed by atoms with Crippen LogP contribution >= 0.6 is 0 Å². The Hall–Kier alpha value is -2.07. The molecule has 0 radical (unpaired) electrons. The number of allylic oxidation sites excluding steroid dienone is 1. The Bertz CT molecular complexity index is 584. The monoisotopic (exact) mass is 245 g/mol. The Labute approximate surface area is 105 Å². The summed E-state index contributed by atoms with van der Waals surface area (Å²) in [5.74, 6) is 0.686. The summed E-state index contributed by atoms with van der Waals surface area (Å²) >= 11 is 0. The Kier molecular flexibility index (Phi) is 3.48. The van der Waals surface area contributed by atoms with Gasteiger partial charge in [0.2, 0.25) is 0 Å². The zero-order chi connectivity index (χ0) is 13.1. The van der Waals surface area contributed by atoms with Gasteiger partial charge in [0.25, 0.3) is 0 Å². The number of aromatic amines is 1. The van der Waals surface area contributed by atoms with Crippen molar-refractivity contribution in [2.45, 2.75) is 13.0 Å². The first-order valence-corrected chi connectivity index (χ1v) is 5.68. The normalized spacial score (nSPS) is 12.3. The second-order valence-electron chi connectivity index (χ2n) is 4.24. The van der Waals surface area contributed by atoms with Gasteiger partial charge in [-0.05, 0) is 31.2 Å². The van der Waals surface area contributed by atoms with Crippen molar-refractivity contribution in [2.75, 3.05) is 6.61 Å². The van der Waals surface area contributed by atoms with E-state index in [2.05, 4.69) is 11.6 Å². The summed E-state index contributed by atoms with van der Waals surface area (Å²) in [7, 11) is 0. The van der Waals surface area contributed by atoms with Crippen molar-refractivity contribution in [3.8, 4) is 5.75 Å². The fourth-order valence-electron chi connectivity index (χ4n) is 1.65. The molecule has 0 saturated heterocycles. The number of hydrogen-bond donors (Lipinski definition) is 2. The topological polar surface area (TPSA) is 62.3 Å². The molecule has 2 aromatic rings. The van der Waals surface area contributed by atoms with E-state index in [1.807, 2.05) is 24.3 Å². The van der Waals surface area contributed by atoms with E-state index in [1.165, 1.54) is 0 Å². The number of aliphatic hydroxyl groups excluding tert-OH is 1. The second kappa shape index (κ2) is 5.06. The number of rotatable bonds is 5. The largest absolute Gasteiger partial charge is 0.491 e. The van der Waals surface area contributed by atoms with Gasteiger partial charge in [-0.25, -0.2) is 0 Å². The SMILES string of the molecule is C=C(C=O)c1cc2cc(OC[C@H](C)O)ccc2[nH]1. The number of benzene rings is 1. The third-order valence-corrected chi connectivity index (χ3v) is 2.57. The van der Waals surface area contributed by atoms with Gasteiger partial charge in [-0.15, -0.1) is 0 Å². The Balaban J connectivity index is 2.28. The molecule has 4 heteroatoms. The molecule has 0 aliphatic heterocycles.